The molecule has 0 radical (unpaired) electrons. The number of benzene rings is 1. The van der Waals surface area contributed by atoms with Gasteiger partial charge in [-0.2, -0.15) is 5.26 Å². The number of rotatable bonds is 1. The van der Waals surface area contributed by atoms with E-state index < -0.39 is 11.6 Å². The second-order valence-electron chi connectivity index (χ2n) is 5.82. The van der Waals surface area contributed by atoms with E-state index in [9.17, 15) is 14.0 Å². The lowest BCUT2D eigenvalue weighted by Gasteiger charge is -2.20. The Labute approximate surface area is 133 Å². The van der Waals surface area contributed by atoms with Gasteiger partial charge in [-0.25, -0.2) is 13.8 Å². The average Bonchev–Trinajstić information content (AvgIpc) is 2.48. The summed E-state index contributed by atoms with van der Waals surface area (Å²) < 4.78 is 27.6. The zero-order valence-corrected chi connectivity index (χ0v) is 12.7. The number of fused-ring (bicyclic) bond motifs is 1. The number of hydrogen-bond donors (Lipinski definition) is 1. The van der Waals surface area contributed by atoms with Crippen LogP contribution in [0.5, 0.6) is 0 Å². The molecule has 1 aliphatic rings. The van der Waals surface area contributed by atoms with E-state index in [1.807, 2.05) is 6.07 Å². The number of nitrogens with zero attached hydrogens (tertiary/aromatic N) is 2. The first kappa shape index (κ1) is 15.4. The van der Waals surface area contributed by atoms with E-state index in [0.717, 1.165) is 55.8 Å². The largest absolute Gasteiger partial charge is 0.383 e. The summed E-state index contributed by atoms with van der Waals surface area (Å²) in [5.74, 6) is -1.21. The normalized spacial score (nSPS) is 14.5. The van der Waals surface area contributed by atoms with E-state index in [2.05, 4.69) is 4.98 Å². The molecule has 23 heavy (non-hydrogen) atoms. The van der Waals surface area contributed by atoms with Crippen molar-refractivity contribution in [2.24, 2.45) is 0 Å². The number of nitrogens with two attached hydrogens (primary N) is 1. The van der Waals surface area contributed by atoms with Gasteiger partial charge in [-0.3, -0.25) is 0 Å². The lowest BCUT2D eigenvalue weighted by molar-refractivity contribution is 0.584. The van der Waals surface area contributed by atoms with Crippen LogP contribution in [-0.2, 0) is 12.8 Å². The SMILES string of the molecule is N#Cc1c(N)nc2c(c1-c1ccc(F)cc1F)CCCCCC2. The van der Waals surface area contributed by atoms with Crippen molar-refractivity contribution >= 4 is 5.82 Å². The van der Waals surface area contributed by atoms with Crippen molar-refractivity contribution in [1.29, 1.82) is 5.26 Å². The van der Waals surface area contributed by atoms with Crippen LogP contribution in [-0.4, -0.2) is 4.98 Å². The summed E-state index contributed by atoms with van der Waals surface area (Å²) in [6, 6.07) is 5.45. The number of pyridine rings is 1. The number of hydrogen-bond acceptors (Lipinski definition) is 3. The molecule has 1 aromatic carbocycles. The Morgan fingerprint density at radius 3 is 2.52 bits per heavy atom. The van der Waals surface area contributed by atoms with Gasteiger partial charge in [0.15, 0.2) is 0 Å². The molecule has 3 rings (SSSR count). The van der Waals surface area contributed by atoms with Gasteiger partial charge in [0, 0.05) is 22.9 Å². The highest BCUT2D eigenvalue weighted by molar-refractivity contribution is 5.79. The van der Waals surface area contributed by atoms with Crippen LogP contribution in [0, 0.1) is 23.0 Å². The molecule has 0 fully saturated rings. The minimum atomic E-state index is -0.684. The third-order valence-electron chi connectivity index (χ3n) is 4.31. The Morgan fingerprint density at radius 1 is 1.09 bits per heavy atom. The Morgan fingerprint density at radius 2 is 1.83 bits per heavy atom. The van der Waals surface area contributed by atoms with Crippen LogP contribution in [0.25, 0.3) is 11.1 Å². The fourth-order valence-corrected chi connectivity index (χ4v) is 3.22. The molecule has 0 atom stereocenters. The molecule has 1 aliphatic carbocycles. The molecule has 2 aromatic rings. The van der Waals surface area contributed by atoms with Crippen LogP contribution in [0.4, 0.5) is 14.6 Å². The fraction of sp³-hybridized carbons (Fsp3) is 0.333. The molecular weight excluding hydrogens is 296 g/mol. The third-order valence-corrected chi connectivity index (χ3v) is 4.31. The molecule has 0 spiro atoms. The lowest BCUT2D eigenvalue weighted by Crippen LogP contribution is -2.10. The van der Waals surface area contributed by atoms with Gasteiger partial charge in [-0.15, -0.1) is 0 Å². The number of halogens is 2. The lowest BCUT2D eigenvalue weighted by atomic mass is 9.87. The third kappa shape index (κ3) is 2.89. The maximum absolute atomic E-state index is 14.3. The summed E-state index contributed by atoms with van der Waals surface area (Å²) >= 11 is 0. The van der Waals surface area contributed by atoms with Crippen molar-refractivity contribution in [2.75, 3.05) is 5.73 Å². The summed E-state index contributed by atoms with van der Waals surface area (Å²) in [5.41, 5.74) is 8.52. The van der Waals surface area contributed by atoms with Crippen molar-refractivity contribution < 1.29 is 8.78 Å². The predicted molar refractivity (Wildman–Crippen MR) is 84.6 cm³/mol. The summed E-state index contributed by atoms with van der Waals surface area (Å²) in [7, 11) is 0. The first-order chi connectivity index (χ1) is 11.1. The highest BCUT2D eigenvalue weighted by Gasteiger charge is 2.22. The minimum absolute atomic E-state index is 0.116. The van der Waals surface area contributed by atoms with Crippen LogP contribution in [0.15, 0.2) is 18.2 Å². The van der Waals surface area contributed by atoms with Gasteiger partial charge in [0.05, 0.1) is 0 Å². The number of nitriles is 1. The van der Waals surface area contributed by atoms with E-state index in [0.29, 0.717) is 5.56 Å². The van der Waals surface area contributed by atoms with Gasteiger partial charge in [0.1, 0.15) is 29.1 Å². The van der Waals surface area contributed by atoms with E-state index in [1.165, 1.54) is 12.1 Å². The van der Waals surface area contributed by atoms with Gasteiger partial charge in [0.2, 0.25) is 0 Å². The topological polar surface area (TPSA) is 62.7 Å². The van der Waals surface area contributed by atoms with Crippen molar-refractivity contribution in [3.63, 3.8) is 0 Å². The average molecular weight is 313 g/mol. The molecule has 2 N–H and O–H groups in total. The quantitative estimate of drug-likeness (QED) is 0.860. The smallest absolute Gasteiger partial charge is 0.142 e. The van der Waals surface area contributed by atoms with Gasteiger partial charge in [-0.05, 0) is 43.4 Å². The van der Waals surface area contributed by atoms with E-state index in [4.69, 9.17) is 5.73 Å². The van der Waals surface area contributed by atoms with Crippen molar-refractivity contribution in [1.82, 2.24) is 4.98 Å². The molecule has 0 saturated carbocycles. The molecule has 0 aliphatic heterocycles. The standard InChI is InChI=1S/C18H17F2N3/c19-11-7-8-12(15(20)9-11)17-13-5-3-1-2-4-6-16(13)23-18(22)14(17)10-21/h7-9H,1-6H2,(H2,22,23). The predicted octanol–water partition coefficient (Wildman–Crippen LogP) is 4.14. The first-order valence-corrected chi connectivity index (χ1v) is 7.78. The molecule has 3 nitrogen and oxygen atoms in total. The van der Waals surface area contributed by atoms with Gasteiger partial charge < -0.3 is 5.73 Å². The molecule has 0 saturated heterocycles. The van der Waals surface area contributed by atoms with Gasteiger partial charge in [-0.1, -0.05) is 12.8 Å². The van der Waals surface area contributed by atoms with E-state index >= 15 is 0 Å². The summed E-state index contributed by atoms with van der Waals surface area (Å²) in [6.45, 7) is 0. The Hall–Kier alpha value is -2.48. The number of anilines is 1. The maximum Gasteiger partial charge on any atom is 0.142 e. The van der Waals surface area contributed by atoms with E-state index in [1.54, 1.807) is 0 Å². The Balaban J connectivity index is 2.30. The monoisotopic (exact) mass is 313 g/mol. The molecule has 0 unspecified atom stereocenters. The van der Waals surface area contributed by atoms with Crippen molar-refractivity contribution in [3.05, 3.63) is 46.7 Å². The zero-order valence-electron chi connectivity index (χ0n) is 12.7. The first-order valence-electron chi connectivity index (χ1n) is 7.78. The number of aryl methyl sites for hydroxylation is 1. The van der Waals surface area contributed by atoms with Crippen LogP contribution in [0.2, 0.25) is 0 Å². The molecule has 0 bridgehead atoms. The molecule has 1 aromatic heterocycles. The van der Waals surface area contributed by atoms with Crippen LogP contribution < -0.4 is 5.73 Å². The van der Waals surface area contributed by atoms with Gasteiger partial charge in [0.25, 0.3) is 0 Å². The molecule has 1 heterocycles. The molecule has 5 heteroatoms. The van der Waals surface area contributed by atoms with E-state index in [-0.39, 0.29) is 16.9 Å². The zero-order chi connectivity index (χ0) is 16.4. The highest BCUT2D eigenvalue weighted by atomic mass is 19.1. The summed E-state index contributed by atoms with van der Waals surface area (Å²) in [6.07, 6.45) is 5.67. The van der Waals surface area contributed by atoms with Crippen LogP contribution in [0.3, 0.4) is 0 Å². The summed E-state index contributed by atoms with van der Waals surface area (Å²) in [5, 5.41) is 9.47. The molecule has 0 amide bonds. The summed E-state index contributed by atoms with van der Waals surface area (Å²) in [4.78, 5) is 4.38. The molecular formula is C18H17F2N3. The second kappa shape index (κ2) is 6.33. The highest BCUT2D eigenvalue weighted by Crippen LogP contribution is 2.36. The number of aromatic nitrogens is 1. The number of nitrogen functional groups attached to an aromatic ring is 1. The van der Waals surface area contributed by atoms with Crippen molar-refractivity contribution in [3.8, 4) is 17.2 Å². The van der Waals surface area contributed by atoms with Gasteiger partial charge >= 0.3 is 0 Å². The van der Waals surface area contributed by atoms with Crippen LogP contribution in [0.1, 0.15) is 42.5 Å². The Bertz CT molecular complexity index is 794. The minimum Gasteiger partial charge on any atom is -0.383 e. The second-order valence-corrected chi connectivity index (χ2v) is 5.82. The van der Waals surface area contributed by atoms with Crippen molar-refractivity contribution in [2.45, 2.75) is 38.5 Å². The fourth-order valence-electron chi connectivity index (χ4n) is 3.22. The van der Waals surface area contributed by atoms with Crippen LogP contribution >= 0.6 is 0 Å². The molecule has 118 valence electrons. The Kier molecular flexibility index (Phi) is 4.24. The maximum atomic E-state index is 14.3.